The molecular weight excluding hydrogens is 250 g/mol. The SMILES string of the molecule is CC(Nc1ccc(C#N)cc1)C(=O)Nc1ccccc1. The number of hydrogen-bond acceptors (Lipinski definition) is 3. The Morgan fingerprint density at radius 2 is 1.70 bits per heavy atom. The minimum absolute atomic E-state index is 0.111. The van der Waals surface area contributed by atoms with Crippen LogP contribution in [0.15, 0.2) is 54.6 Å². The predicted molar refractivity (Wildman–Crippen MR) is 79.3 cm³/mol. The number of nitrogens with one attached hydrogen (secondary N) is 2. The second kappa shape index (κ2) is 6.39. The summed E-state index contributed by atoms with van der Waals surface area (Å²) in [5.41, 5.74) is 2.17. The number of amides is 1. The van der Waals surface area contributed by atoms with Gasteiger partial charge >= 0.3 is 0 Å². The fraction of sp³-hybridized carbons (Fsp3) is 0.125. The molecular formula is C16H15N3O. The molecule has 1 amide bonds. The molecule has 1 atom stereocenters. The maximum Gasteiger partial charge on any atom is 0.246 e. The van der Waals surface area contributed by atoms with Crippen molar-refractivity contribution in [3.8, 4) is 6.07 Å². The summed E-state index contributed by atoms with van der Waals surface area (Å²) in [6.07, 6.45) is 0. The summed E-state index contributed by atoms with van der Waals surface area (Å²) in [5, 5.41) is 14.7. The van der Waals surface area contributed by atoms with Crippen molar-refractivity contribution in [3.05, 3.63) is 60.2 Å². The summed E-state index contributed by atoms with van der Waals surface area (Å²) in [6.45, 7) is 1.79. The van der Waals surface area contributed by atoms with Gasteiger partial charge in [-0.1, -0.05) is 18.2 Å². The number of nitrogens with zero attached hydrogens (tertiary/aromatic N) is 1. The zero-order chi connectivity index (χ0) is 14.4. The molecule has 0 aliphatic rings. The Bertz CT molecular complexity index is 614. The lowest BCUT2D eigenvalue weighted by atomic mass is 10.2. The van der Waals surface area contributed by atoms with Gasteiger partial charge in [0.1, 0.15) is 6.04 Å². The molecule has 0 saturated carbocycles. The van der Waals surface area contributed by atoms with Crippen LogP contribution in [0.2, 0.25) is 0 Å². The van der Waals surface area contributed by atoms with Crippen LogP contribution in [0.3, 0.4) is 0 Å². The average Bonchev–Trinajstić information content (AvgIpc) is 2.49. The van der Waals surface area contributed by atoms with Gasteiger partial charge in [-0.25, -0.2) is 0 Å². The molecule has 4 nitrogen and oxygen atoms in total. The second-order valence-electron chi connectivity index (χ2n) is 4.41. The van der Waals surface area contributed by atoms with Crippen LogP contribution in [0.25, 0.3) is 0 Å². The lowest BCUT2D eigenvalue weighted by molar-refractivity contribution is -0.116. The highest BCUT2D eigenvalue weighted by molar-refractivity contribution is 5.96. The molecule has 4 heteroatoms. The largest absolute Gasteiger partial charge is 0.374 e. The van der Waals surface area contributed by atoms with Crippen molar-refractivity contribution in [2.75, 3.05) is 10.6 Å². The first-order valence-electron chi connectivity index (χ1n) is 6.31. The second-order valence-corrected chi connectivity index (χ2v) is 4.41. The molecule has 0 aliphatic heterocycles. The summed E-state index contributed by atoms with van der Waals surface area (Å²) in [6, 6.07) is 18.0. The van der Waals surface area contributed by atoms with E-state index in [4.69, 9.17) is 5.26 Å². The molecule has 0 saturated heterocycles. The fourth-order valence-electron chi connectivity index (χ4n) is 1.73. The quantitative estimate of drug-likeness (QED) is 0.893. The molecule has 2 N–H and O–H groups in total. The van der Waals surface area contributed by atoms with E-state index in [2.05, 4.69) is 16.7 Å². The third-order valence-electron chi connectivity index (χ3n) is 2.83. The summed E-state index contributed by atoms with van der Waals surface area (Å²) in [5.74, 6) is -0.111. The number of nitriles is 1. The van der Waals surface area contributed by atoms with Crippen molar-refractivity contribution in [3.63, 3.8) is 0 Å². The van der Waals surface area contributed by atoms with E-state index in [0.717, 1.165) is 11.4 Å². The van der Waals surface area contributed by atoms with Crippen LogP contribution in [-0.4, -0.2) is 11.9 Å². The standard InChI is InChI=1S/C16H15N3O/c1-12(16(20)19-14-5-3-2-4-6-14)18-15-9-7-13(11-17)8-10-15/h2-10,12,18H,1H3,(H,19,20). The van der Waals surface area contributed by atoms with Crippen molar-refractivity contribution in [2.45, 2.75) is 13.0 Å². The molecule has 0 radical (unpaired) electrons. The lowest BCUT2D eigenvalue weighted by Gasteiger charge is -2.15. The molecule has 0 bridgehead atoms. The topological polar surface area (TPSA) is 64.9 Å². The van der Waals surface area contributed by atoms with E-state index in [0.29, 0.717) is 5.56 Å². The van der Waals surface area contributed by atoms with Crippen LogP contribution < -0.4 is 10.6 Å². The number of rotatable bonds is 4. The first kappa shape index (κ1) is 13.6. The van der Waals surface area contributed by atoms with Crippen LogP contribution in [0.5, 0.6) is 0 Å². The van der Waals surface area contributed by atoms with Gasteiger partial charge in [-0.05, 0) is 43.3 Å². The van der Waals surface area contributed by atoms with Crippen LogP contribution in [0.1, 0.15) is 12.5 Å². The number of anilines is 2. The van der Waals surface area contributed by atoms with E-state index in [-0.39, 0.29) is 11.9 Å². The number of para-hydroxylation sites is 1. The monoisotopic (exact) mass is 265 g/mol. The Morgan fingerprint density at radius 3 is 2.30 bits per heavy atom. The van der Waals surface area contributed by atoms with Crippen molar-refractivity contribution >= 4 is 17.3 Å². The Hall–Kier alpha value is -2.80. The van der Waals surface area contributed by atoms with E-state index >= 15 is 0 Å². The summed E-state index contributed by atoms with van der Waals surface area (Å²) in [4.78, 5) is 12.0. The Balaban J connectivity index is 1.95. The highest BCUT2D eigenvalue weighted by atomic mass is 16.2. The minimum Gasteiger partial charge on any atom is -0.374 e. The Labute approximate surface area is 118 Å². The molecule has 2 rings (SSSR count). The van der Waals surface area contributed by atoms with Gasteiger partial charge in [0.15, 0.2) is 0 Å². The molecule has 0 aliphatic carbocycles. The molecule has 2 aromatic rings. The normalized spacial score (nSPS) is 11.2. The van der Waals surface area contributed by atoms with Gasteiger partial charge in [0.2, 0.25) is 5.91 Å². The van der Waals surface area contributed by atoms with E-state index in [1.165, 1.54) is 0 Å². The van der Waals surface area contributed by atoms with Crippen molar-refractivity contribution in [2.24, 2.45) is 0 Å². The lowest BCUT2D eigenvalue weighted by Crippen LogP contribution is -2.31. The molecule has 20 heavy (non-hydrogen) atoms. The molecule has 1 unspecified atom stereocenters. The third-order valence-corrected chi connectivity index (χ3v) is 2.83. The van der Waals surface area contributed by atoms with E-state index in [9.17, 15) is 4.79 Å². The maximum atomic E-state index is 12.0. The van der Waals surface area contributed by atoms with Gasteiger partial charge in [0.05, 0.1) is 11.6 Å². The van der Waals surface area contributed by atoms with E-state index < -0.39 is 0 Å². The number of hydrogen-bond donors (Lipinski definition) is 2. The van der Waals surface area contributed by atoms with Gasteiger partial charge in [-0.15, -0.1) is 0 Å². The molecule has 0 fully saturated rings. The molecule has 0 heterocycles. The Kier molecular flexibility index (Phi) is 4.35. The first-order valence-corrected chi connectivity index (χ1v) is 6.31. The highest BCUT2D eigenvalue weighted by Crippen LogP contribution is 2.11. The van der Waals surface area contributed by atoms with Crippen molar-refractivity contribution in [1.29, 1.82) is 5.26 Å². The molecule has 0 aromatic heterocycles. The summed E-state index contributed by atoms with van der Waals surface area (Å²) >= 11 is 0. The van der Waals surface area contributed by atoms with Gasteiger partial charge in [0, 0.05) is 11.4 Å². The number of carbonyl (C=O) groups is 1. The van der Waals surface area contributed by atoms with Gasteiger partial charge in [-0.3, -0.25) is 4.79 Å². The minimum atomic E-state index is -0.372. The van der Waals surface area contributed by atoms with Crippen LogP contribution >= 0.6 is 0 Å². The molecule has 2 aromatic carbocycles. The smallest absolute Gasteiger partial charge is 0.246 e. The Morgan fingerprint density at radius 1 is 1.05 bits per heavy atom. The predicted octanol–water partition coefficient (Wildman–Crippen LogP) is 3.00. The maximum absolute atomic E-state index is 12.0. The summed E-state index contributed by atoms with van der Waals surface area (Å²) < 4.78 is 0. The molecule has 100 valence electrons. The molecule has 0 spiro atoms. The third kappa shape index (κ3) is 3.59. The van der Waals surface area contributed by atoms with E-state index in [1.54, 1.807) is 31.2 Å². The van der Waals surface area contributed by atoms with Crippen LogP contribution in [0.4, 0.5) is 11.4 Å². The van der Waals surface area contributed by atoms with Crippen LogP contribution in [-0.2, 0) is 4.79 Å². The summed E-state index contributed by atoms with van der Waals surface area (Å²) in [7, 11) is 0. The number of carbonyl (C=O) groups excluding carboxylic acids is 1. The van der Waals surface area contributed by atoms with E-state index in [1.807, 2.05) is 30.3 Å². The highest BCUT2D eigenvalue weighted by Gasteiger charge is 2.12. The van der Waals surface area contributed by atoms with Gasteiger partial charge in [-0.2, -0.15) is 5.26 Å². The number of benzene rings is 2. The zero-order valence-electron chi connectivity index (χ0n) is 11.1. The first-order chi connectivity index (χ1) is 9.69. The zero-order valence-corrected chi connectivity index (χ0v) is 11.1. The fourth-order valence-corrected chi connectivity index (χ4v) is 1.73. The van der Waals surface area contributed by atoms with Crippen molar-refractivity contribution < 1.29 is 4.79 Å². The van der Waals surface area contributed by atoms with Gasteiger partial charge in [0.25, 0.3) is 0 Å². The average molecular weight is 265 g/mol. The van der Waals surface area contributed by atoms with Crippen LogP contribution in [0, 0.1) is 11.3 Å². The van der Waals surface area contributed by atoms with Crippen molar-refractivity contribution in [1.82, 2.24) is 0 Å². The van der Waals surface area contributed by atoms with Gasteiger partial charge < -0.3 is 10.6 Å².